The van der Waals surface area contributed by atoms with Gasteiger partial charge >= 0.3 is 0 Å². The number of aromatic nitrogens is 5. The molecule has 1 N–H and O–H groups in total. The van der Waals surface area contributed by atoms with Crippen LogP contribution in [0.3, 0.4) is 0 Å². The van der Waals surface area contributed by atoms with Crippen molar-refractivity contribution in [2.45, 2.75) is 13.1 Å². The molecule has 3 rings (SSSR count). The highest BCUT2D eigenvalue weighted by Gasteiger charge is 2.01. The van der Waals surface area contributed by atoms with Gasteiger partial charge in [-0.15, -0.1) is 16.4 Å². The van der Waals surface area contributed by atoms with Crippen LogP contribution in [0.1, 0.15) is 5.69 Å². The minimum absolute atomic E-state index is 0.781. The quantitative estimate of drug-likeness (QED) is 0.678. The zero-order chi connectivity index (χ0) is 11.5. The molecule has 0 unspecified atom stereocenters. The van der Waals surface area contributed by atoms with Gasteiger partial charge in [0.15, 0.2) is 4.96 Å². The summed E-state index contributed by atoms with van der Waals surface area (Å²) in [5, 5.41) is 13.0. The molecule has 0 fully saturated rings. The van der Waals surface area contributed by atoms with Crippen LogP contribution in [0.4, 0.5) is 0 Å². The van der Waals surface area contributed by atoms with Gasteiger partial charge in [-0.2, -0.15) is 0 Å². The predicted octanol–water partition coefficient (Wildman–Crippen LogP) is 0.777. The number of nitrogens with zero attached hydrogens (tertiary/aromatic N) is 5. The number of hydrogen-bond donors (Lipinski definition) is 1. The highest BCUT2D eigenvalue weighted by molar-refractivity contribution is 7.15. The van der Waals surface area contributed by atoms with E-state index >= 15 is 0 Å². The molecule has 3 heterocycles. The van der Waals surface area contributed by atoms with E-state index in [4.69, 9.17) is 0 Å². The zero-order valence-corrected chi connectivity index (χ0v) is 9.97. The number of rotatable bonds is 5. The molecule has 7 heteroatoms. The van der Waals surface area contributed by atoms with Crippen molar-refractivity contribution in [3.8, 4) is 0 Å². The van der Waals surface area contributed by atoms with E-state index in [1.165, 1.54) is 0 Å². The summed E-state index contributed by atoms with van der Waals surface area (Å²) >= 11 is 1.65. The summed E-state index contributed by atoms with van der Waals surface area (Å²) in [5.41, 5.74) is 1.07. The van der Waals surface area contributed by atoms with Crippen LogP contribution >= 0.6 is 11.3 Å². The Morgan fingerprint density at radius 1 is 1.35 bits per heavy atom. The molecule has 88 valence electrons. The number of hydrogen-bond acceptors (Lipinski definition) is 5. The molecule has 0 spiro atoms. The van der Waals surface area contributed by atoms with Gasteiger partial charge in [-0.25, -0.2) is 4.98 Å². The van der Waals surface area contributed by atoms with E-state index in [9.17, 15) is 0 Å². The first-order chi connectivity index (χ1) is 8.42. The summed E-state index contributed by atoms with van der Waals surface area (Å²) in [6.45, 7) is 2.46. The van der Waals surface area contributed by atoms with E-state index in [1.54, 1.807) is 22.2 Å². The van der Waals surface area contributed by atoms with Crippen molar-refractivity contribution in [3.63, 3.8) is 0 Å². The lowest BCUT2D eigenvalue weighted by molar-refractivity contribution is 0.538. The molecule has 0 radical (unpaired) electrons. The average molecular weight is 248 g/mol. The van der Waals surface area contributed by atoms with E-state index in [-0.39, 0.29) is 0 Å². The molecule has 17 heavy (non-hydrogen) atoms. The van der Waals surface area contributed by atoms with Crippen LogP contribution in [0, 0.1) is 0 Å². The van der Waals surface area contributed by atoms with Crippen molar-refractivity contribution in [1.82, 2.24) is 29.7 Å². The van der Waals surface area contributed by atoms with Gasteiger partial charge in [0.25, 0.3) is 0 Å². The highest BCUT2D eigenvalue weighted by atomic mass is 32.1. The molecule has 0 saturated heterocycles. The summed E-state index contributed by atoms with van der Waals surface area (Å²) < 4.78 is 3.85. The summed E-state index contributed by atoms with van der Waals surface area (Å²) in [5.74, 6) is 0. The molecule has 0 atom stereocenters. The number of fused-ring (bicyclic) bond motifs is 1. The number of thiazole rings is 1. The zero-order valence-electron chi connectivity index (χ0n) is 9.15. The van der Waals surface area contributed by atoms with Gasteiger partial charge in [0.1, 0.15) is 0 Å². The number of imidazole rings is 1. The smallest absolute Gasteiger partial charge is 0.193 e. The van der Waals surface area contributed by atoms with E-state index in [1.807, 2.05) is 28.4 Å². The Hall–Kier alpha value is -1.73. The molecule has 0 bridgehead atoms. The molecule has 0 aromatic carbocycles. The first kappa shape index (κ1) is 10.4. The monoisotopic (exact) mass is 248 g/mol. The summed E-state index contributed by atoms with van der Waals surface area (Å²) in [4.78, 5) is 5.53. The van der Waals surface area contributed by atoms with Crippen molar-refractivity contribution < 1.29 is 0 Å². The van der Waals surface area contributed by atoms with Crippen LogP contribution in [-0.2, 0) is 13.1 Å². The topological polar surface area (TPSA) is 60.0 Å². The summed E-state index contributed by atoms with van der Waals surface area (Å²) in [6.07, 6.45) is 7.61. The lowest BCUT2D eigenvalue weighted by Crippen LogP contribution is -2.20. The lowest BCUT2D eigenvalue weighted by atomic mass is 10.4. The van der Waals surface area contributed by atoms with Crippen molar-refractivity contribution in [2.24, 2.45) is 0 Å². The van der Waals surface area contributed by atoms with Gasteiger partial charge in [0, 0.05) is 37.1 Å². The van der Waals surface area contributed by atoms with E-state index in [0.717, 1.165) is 30.3 Å². The maximum absolute atomic E-state index is 4.49. The van der Waals surface area contributed by atoms with Gasteiger partial charge in [-0.1, -0.05) is 5.21 Å². The Balaban J connectivity index is 1.49. The molecule has 3 aromatic rings. The second-order valence-corrected chi connectivity index (χ2v) is 4.54. The van der Waals surface area contributed by atoms with Gasteiger partial charge in [0.05, 0.1) is 18.4 Å². The fourth-order valence-corrected chi connectivity index (χ4v) is 2.34. The van der Waals surface area contributed by atoms with Crippen molar-refractivity contribution in [1.29, 1.82) is 0 Å². The molecule has 0 aliphatic heterocycles. The minimum atomic E-state index is 0.781. The van der Waals surface area contributed by atoms with Crippen molar-refractivity contribution >= 4 is 16.3 Å². The molecule has 0 saturated carbocycles. The Morgan fingerprint density at radius 3 is 3.18 bits per heavy atom. The van der Waals surface area contributed by atoms with Crippen LogP contribution < -0.4 is 5.32 Å². The van der Waals surface area contributed by atoms with Crippen LogP contribution in [0.25, 0.3) is 4.96 Å². The minimum Gasteiger partial charge on any atom is -0.309 e. The maximum Gasteiger partial charge on any atom is 0.193 e. The Labute approximate surface area is 102 Å². The Bertz CT molecular complexity index is 552. The normalized spacial score (nSPS) is 11.3. The fourth-order valence-electron chi connectivity index (χ4n) is 1.62. The van der Waals surface area contributed by atoms with Gasteiger partial charge < -0.3 is 5.32 Å². The van der Waals surface area contributed by atoms with E-state index in [2.05, 4.69) is 20.6 Å². The Kier molecular flexibility index (Phi) is 2.85. The average Bonchev–Trinajstić information content (AvgIpc) is 3.00. The molecular formula is C10H12N6S. The summed E-state index contributed by atoms with van der Waals surface area (Å²) in [7, 11) is 0. The highest BCUT2D eigenvalue weighted by Crippen LogP contribution is 2.10. The first-order valence-corrected chi connectivity index (χ1v) is 6.26. The van der Waals surface area contributed by atoms with Crippen molar-refractivity contribution in [3.05, 3.63) is 35.9 Å². The predicted molar refractivity (Wildman–Crippen MR) is 64.8 cm³/mol. The lowest BCUT2D eigenvalue weighted by Gasteiger charge is -2.01. The third-order valence-electron chi connectivity index (χ3n) is 2.44. The molecule has 0 aliphatic carbocycles. The van der Waals surface area contributed by atoms with Crippen LogP contribution in [-0.4, -0.2) is 30.9 Å². The molecule has 0 amide bonds. The molecule has 6 nitrogen and oxygen atoms in total. The van der Waals surface area contributed by atoms with Crippen molar-refractivity contribution in [2.75, 3.05) is 6.54 Å². The van der Waals surface area contributed by atoms with Gasteiger partial charge in [-0.05, 0) is 0 Å². The van der Waals surface area contributed by atoms with Crippen LogP contribution in [0.5, 0.6) is 0 Å². The molecular weight excluding hydrogens is 236 g/mol. The van der Waals surface area contributed by atoms with E-state index in [0.29, 0.717) is 0 Å². The molecule has 3 aromatic heterocycles. The standard InChI is InChI=1S/C10H12N6S/c1(3-16-4-2-12-14-16)11-7-9-8-15-5-6-17-10(15)13-9/h2,4-6,8,11H,1,3,7H2. The fraction of sp³-hybridized carbons (Fsp3) is 0.300. The first-order valence-electron chi connectivity index (χ1n) is 5.38. The second-order valence-electron chi connectivity index (χ2n) is 3.67. The number of nitrogens with one attached hydrogen (secondary N) is 1. The maximum atomic E-state index is 4.49. The largest absolute Gasteiger partial charge is 0.309 e. The van der Waals surface area contributed by atoms with Crippen LogP contribution in [0.15, 0.2) is 30.2 Å². The Morgan fingerprint density at radius 2 is 2.35 bits per heavy atom. The second kappa shape index (κ2) is 4.64. The SMILES string of the molecule is c1cn(CCNCc2cn3ccsc3n2)nn1. The van der Waals surface area contributed by atoms with Gasteiger partial charge in [0.2, 0.25) is 0 Å². The van der Waals surface area contributed by atoms with Gasteiger partial charge in [-0.3, -0.25) is 9.08 Å². The van der Waals surface area contributed by atoms with E-state index < -0.39 is 0 Å². The molecule has 0 aliphatic rings. The van der Waals surface area contributed by atoms with Crippen LogP contribution in [0.2, 0.25) is 0 Å². The summed E-state index contributed by atoms with van der Waals surface area (Å²) in [6, 6.07) is 0. The third-order valence-corrected chi connectivity index (χ3v) is 3.21. The third kappa shape index (κ3) is 2.34.